The summed E-state index contributed by atoms with van der Waals surface area (Å²) in [7, 11) is 0. The van der Waals surface area contributed by atoms with E-state index in [0.29, 0.717) is 23.6 Å². The van der Waals surface area contributed by atoms with Gasteiger partial charge < -0.3 is 10.5 Å². The van der Waals surface area contributed by atoms with Crippen LogP contribution in [0.25, 0.3) is 17.0 Å². The largest absolute Gasteiger partial charge is 0.492 e. The molecule has 9 heteroatoms. The van der Waals surface area contributed by atoms with Gasteiger partial charge in [-0.3, -0.25) is 4.40 Å². The van der Waals surface area contributed by atoms with Crippen LogP contribution in [0.4, 0.5) is 18.9 Å². The number of nitrogens with two attached hydrogens (primary N) is 1. The SMILES string of the molecule is CCOc1ccc(-c2nnc3c(Cl)cc(C(F)(F)F)cn23)cc1N. The van der Waals surface area contributed by atoms with Gasteiger partial charge in [0.2, 0.25) is 0 Å². The average Bonchev–Trinajstić information content (AvgIpc) is 2.93. The van der Waals surface area contributed by atoms with Crippen molar-refractivity contribution < 1.29 is 17.9 Å². The molecule has 24 heavy (non-hydrogen) atoms. The third kappa shape index (κ3) is 2.84. The molecule has 0 aliphatic carbocycles. The number of aromatic nitrogens is 3. The van der Waals surface area contributed by atoms with E-state index >= 15 is 0 Å². The summed E-state index contributed by atoms with van der Waals surface area (Å²) in [6.07, 6.45) is -3.62. The van der Waals surface area contributed by atoms with Crippen LogP contribution in [0, 0.1) is 0 Å². The normalized spacial score (nSPS) is 11.9. The van der Waals surface area contributed by atoms with E-state index in [-0.39, 0.29) is 16.5 Å². The standard InChI is InChI=1S/C15H12ClF3N4O/c1-2-24-12-4-3-8(5-11(12)20)13-21-22-14-10(16)6-9(7-23(13)14)15(17,18)19/h3-7H,2,20H2,1H3. The van der Waals surface area contributed by atoms with Gasteiger partial charge in [0.25, 0.3) is 0 Å². The zero-order chi connectivity index (χ0) is 17.5. The Bertz CT molecular complexity index is 908. The third-order valence-electron chi connectivity index (χ3n) is 3.35. The van der Waals surface area contributed by atoms with Crippen LogP contribution in [0.15, 0.2) is 30.5 Å². The molecule has 0 saturated heterocycles. The molecule has 1 aromatic carbocycles. The number of rotatable bonds is 3. The fourth-order valence-electron chi connectivity index (χ4n) is 2.28. The molecule has 3 aromatic rings. The Morgan fingerprint density at radius 1 is 1.25 bits per heavy atom. The molecule has 0 radical (unpaired) electrons. The molecule has 0 spiro atoms. The average molecular weight is 357 g/mol. The molecule has 0 bridgehead atoms. The Hall–Kier alpha value is -2.48. The highest BCUT2D eigenvalue weighted by atomic mass is 35.5. The van der Waals surface area contributed by atoms with Gasteiger partial charge in [0.05, 0.1) is 22.9 Å². The first kappa shape index (κ1) is 16.4. The lowest BCUT2D eigenvalue weighted by Crippen LogP contribution is -2.07. The molecular formula is C15H12ClF3N4O. The summed E-state index contributed by atoms with van der Waals surface area (Å²) in [6, 6.07) is 5.66. The summed E-state index contributed by atoms with van der Waals surface area (Å²) < 4.78 is 45.5. The molecule has 3 rings (SSSR count). The van der Waals surface area contributed by atoms with E-state index in [1.165, 1.54) is 4.40 Å². The molecule has 2 heterocycles. The number of pyridine rings is 1. The highest BCUT2D eigenvalue weighted by Gasteiger charge is 2.32. The number of nitrogen functional groups attached to an aromatic ring is 1. The monoisotopic (exact) mass is 356 g/mol. The zero-order valence-corrected chi connectivity index (χ0v) is 13.2. The minimum Gasteiger partial charge on any atom is -0.492 e. The highest BCUT2D eigenvalue weighted by Crippen LogP contribution is 2.34. The highest BCUT2D eigenvalue weighted by molar-refractivity contribution is 6.33. The Kier molecular flexibility index (Phi) is 4.00. The van der Waals surface area contributed by atoms with Crippen molar-refractivity contribution in [2.24, 2.45) is 0 Å². The van der Waals surface area contributed by atoms with Crippen molar-refractivity contribution in [1.82, 2.24) is 14.6 Å². The molecule has 0 aliphatic rings. The Morgan fingerprint density at radius 3 is 2.62 bits per heavy atom. The maximum absolute atomic E-state index is 13.0. The summed E-state index contributed by atoms with van der Waals surface area (Å²) in [6.45, 7) is 2.27. The van der Waals surface area contributed by atoms with Gasteiger partial charge in [-0.2, -0.15) is 13.2 Å². The number of hydrogen-bond acceptors (Lipinski definition) is 4. The molecule has 5 nitrogen and oxygen atoms in total. The third-order valence-corrected chi connectivity index (χ3v) is 3.63. The van der Waals surface area contributed by atoms with Crippen LogP contribution in [0.2, 0.25) is 5.02 Å². The number of halogens is 4. The number of hydrogen-bond donors (Lipinski definition) is 1. The van der Waals surface area contributed by atoms with Gasteiger partial charge in [0.15, 0.2) is 11.5 Å². The first-order valence-electron chi connectivity index (χ1n) is 6.95. The van der Waals surface area contributed by atoms with Gasteiger partial charge >= 0.3 is 6.18 Å². The molecule has 0 aliphatic heterocycles. The van der Waals surface area contributed by atoms with Crippen molar-refractivity contribution in [2.45, 2.75) is 13.1 Å². The van der Waals surface area contributed by atoms with Gasteiger partial charge in [-0.25, -0.2) is 0 Å². The Balaban J connectivity index is 2.16. The van der Waals surface area contributed by atoms with Gasteiger partial charge in [-0.15, -0.1) is 10.2 Å². The molecule has 2 N–H and O–H groups in total. The van der Waals surface area contributed by atoms with Crippen LogP contribution in [0.5, 0.6) is 5.75 Å². The van der Waals surface area contributed by atoms with Crippen molar-refractivity contribution in [3.63, 3.8) is 0 Å². The van der Waals surface area contributed by atoms with E-state index in [9.17, 15) is 13.2 Å². The smallest absolute Gasteiger partial charge is 0.417 e. The number of alkyl halides is 3. The maximum Gasteiger partial charge on any atom is 0.417 e. The number of benzene rings is 1. The van der Waals surface area contributed by atoms with Gasteiger partial charge in [0.1, 0.15) is 5.75 Å². The van der Waals surface area contributed by atoms with E-state index in [1.807, 2.05) is 6.92 Å². The van der Waals surface area contributed by atoms with Gasteiger partial charge in [-0.1, -0.05) is 11.6 Å². The number of ether oxygens (including phenoxy) is 1. The topological polar surface area (TPSA) is 65.4 Å². The van der Waals surface area contributed by atoms with Crippen LogP contribution >= 0.6 is 11.6 Å². The quantitative estimate of drug-likeness (QED) is 0.719. The lowest BCUT2D eigenvalue weighted by molar-refractivity contribution is -0.137. The predicted molar refractivity (Wildman–Crippen MR) is 84.0 cm³/mol. The zero-order valence-electron chi connectivity index (χ0n) is 12.4. The Labute approximate surface area is 139 Å². The summed E-state index contributed by atoms with van der Waals surface area (Å²) in [5.41, 5.74) is 5.99. The first-order valence-corrected chi connectivity index (χ1v) is 7.33. The fraction of sp³-hybridized carbons (Fsp3) is 0.200. The van der Waals surface area contributed by atoms with Crippen LogP contribution in [0.1, 0.15) is 12.5 Å². The fourth-order valence-corrected chi connectivity index (χ4v) is 2.53. The van der Waals surface area contributed by atoms with Gasteiger partial charge in [-0.05, 0) is 31.2 Å². The lowest BCUT2D eigenvalue weighted by Gasteiger charge is -2.10. The molecule has 2 aromatic heterocycles. The van der Waals surface area contributed by atoms with Crippen LogP contribution in [-0.2, 0) is 6.18 Å². The molecule has 0 atom stereocenters. The van der Waals surface area contributed by atoms with Crippen molar-refractivity contribution >= 4 is 22.9 Å². The van der Waals surface area contributed by atoms with E-state index in [4.69, 9.17) is 22.1 Å². The maximum atomic E-state index is 13.0. The Morgan fingerprint density at radius 2 is 2.00 bits per heavy atom. The number of fused-ring (bicyclic) bond motifs is 1. The van der Waals surface area contributed by atoms with Crippen LogP contribution in [0.3, 0.4) is 0 Å². The van der Waals surface area contributed by atoms with Crippen LogP contribution in [-0.4, -0.2) is 21.2 Å². The summed E-state index contributed by atoms with van der Waals surface area (Å²) in [4.78, 5) is 0. The second-order valence-corrected chi connectivity index (χ2v) is 5.38. The van der Waals surface area contributed by atoms with Gasteiger partial charge in [0, 0.05) is 11.8 Å². The summed E-state index contributed by atoms with van der Waals surface area (Å²) in [5.74, 6) is 0.692. The molecule has 0 amide bonds. The molecule has 126 valence electrons. The second kappa shape index (κ2) is 5.86. The van der Waals surface area contributed by atoms with Crippen molar-refractivity contribution in [1.29, 1.82) is 0 Å². The minimum atomic E-state index is -4.53. The predicted octanol–water partition coefficient (Wildman–Crippen LogP) is 4.05. The van der Waals surface area contributed by atoms with E-state index < -0.39 is 11.7 Å². The van der Waals surface area contributed by atoms with Crippen LogP contribution < -0.4 is 10.5 Å². The first-order chi connectivity index (χ1) is 11.3. The van der Waals surface area contributed by atoms with E-state index in [2.05, 4.69) is 10.2 Å². The number of nitrogens with zero attached hydrogens (tertiary/aromatic N) is 3. The van der Waals surface area contributed by atoms with Crippen molar-refractivity contribution in [3.8, 4) is 17.1 Å². The molecule has 0 unspecified atom stereocenters. The second-order valence-electron chi connectivity index (χ2n) is 4.98. The molecular weight excluding hydrogens is 345 g/mol. The summed E-state index contributed by atoms with van der Waals surface area (Å²) in [5, 5.41) is 7.64. The lowest BCUT2D eigenvalue weighted by atomic mass is 10.1. The van der Waals surface area contributed by atoms with Crippen molar-refractivity contribution in [2.75, 3.05) is 12.3 Å². The number of anilines is 1. The van der Waals surface area contributed by atoms with E-state index in [0.717, 1.165) is 12.3 Å². The summed E-state index contributed by atoms with van der Waals surface area (Å²) >= 11 is 5.90. The minimum absolute atomic E-state index is 0.132. The molecule has 0 fully saturated rings. The van der Waals surface area contributed by atoms with E-state index in [1.54, 1.807) is 18.2 Å². The molecule has 0 saturated carbocycles. The van der Waals surface area contributed by atoms with Crippen molar-refractivity contribution in [3.05, 3.63) is 41.0 Å².